The number of aliphatic hydroxyl groups excluding tert-OH is 1. The second-order valence-corrected chi connectivity index (χ2v) is 31.7. The molecule has 0 aliphatic heterocycles. The van der Waals surface area contributed by atoms with E-state index in [1.54, 1.807) is 0 Å². The predicted molar refractivity (Wildman–Crippen MR) is 395 cm³/mol. The lowest BCUT2D eigenvalue weighted by atomic mass is 10.00. The first kappa shape index (κ1) is 95.1. The summed E-state index contributed by atoms with van der Waals surface area (Å²) in [5.74, 6) is -0.581. The lowest BCUT2D eigenvalue weighted by Gasteiger charge is -2.21. The van der Waals surface area contributed by atoms with Gasteiger partial charge in [0.25, 0.3) is 0 Å². The van der Waals surface area contributed by atoms with Crippen LogP contribution in [0.2, 0.25) is 0 Å². The van der Waals surface area contributed by atoms with Crippen LogP contribution in [0, 0.1) is 11.8 Å². The lowest BCUT2D eigenvalue weighted by Crippen LogP contribution is -2.30. The van der Waals surface area contributed by atoms with Crippen molar-refractivity contribution in [2.45, 2.75) is 426 Å². The minimum Gasteiger partial charge on any atom is -0.462 e. The van der Waals surface area contributed by atoms with E-state index in [0.29, 0.717) is 25.7 Å². The summed E-state index contributed by atoms with van der Waals surface area (Å²) in [6.07, 6.45) is 58.7. The number of unbranched alkanes of at least 4 members (excludes halogenated alkanes) is 46. The number of phosphoric acid groups is 2. The Morgan fingerprint density at radius 1 is 0.299 bits per heavy atom. The van der Waals surface area contributed by atoms with Gasteiger partial charge in [-0.15, -0.1) is 0 Å². The molecule has 0 aromatic rings. The monoisotopic (exact) mass is 1420 g/mol. The van der Waals surface area contributed by atoms with E-state index in [4.69, 9.17) is 37.0 Å². The van der Waals surface area contributed by atoms with Crippen molar-refractivity contribution in [3.05, 3.63) is 0 Å². The Bertz CT molecular complexity index is 1870. The largest absolute Gasteiger partial charge is 0.472 e. The number of aliphatic hydroxyl groups is 1. The molecule has 3 unspecified atom stereocenters. The smallest absolute Gasteiger partial charge is 0.462 e. The second kappa shape index (κ2) is 69.8. The third kappa shape index (κ3) is 70.9. The van der Waals surface area contributed by atoms with Crippen LogP contribution in [0.5, 0.6) is 0 Å². The molecule has 0 spiro atoms. The van der Waals surface area contributed by atoms with Gasteiger partial charge in [0.15, 0.2) is 12.2 Å². The van der Waals surface area contributed by atoms with Gasteiger partial charge in [0.2, 0.25) is 0 Å². The molecule has 0 aliphatic rings. The third-order valence-electron chi connectivity index (χ3n) is 18.6. The number of esters is 4. The molecule has 6 atom stereocenters. The van der Waals surface area contributed by atoms with Crippen LogP contribution in [0.4, 0.5) is 0 Å². The van der Waals surface area contributed by atoms with Gasteiger partial charge in [-0.25, -0.2) is 9.13 Å². The van der Waals surface area contributed by atoms with E-state index >= 15 is 0 Å². The Balaban J connectivity index is 5.15. The van der Waals surface area contributed by atoms with Crippen molar-refractivity contribution in [2.75, 3.05) is 39.6 Å². The van der Waals surface area contributed by atoms with Gasteiger partial charge in [-0.3, -0.25) is 37.3 Å². The van der Waals surface area contributed by atoms with Crippen LogP contribution in [0.3, 0.4) is 0 Å². The summed E-state index contributed by atoms with van der Waals surface area (Å²) in [4.78, 5) is 72.7. The van der Waals surface area contributed by atoms with E-state index in [-0.39, 0.29) is 25.7 Å². The number of hydrogen-bond acceptors (Lipinski definition) is 15. The first-order chi connectivity index (χ1) is 46.9. The zero-order valence-corrected chi connectivity index (χ0v) is 65.2. The molecule has 0 aliphatic carbocycles. The first-order valence-electron chi connectivity index (χ1n) is 40.5. The average molecular weight is 1420 g/mol. The Labute approximate surface area is 594 Å². The topological polar surface area (TPSA) is 237 Å². The maximum absolute atomic E-state index is 13.1. The fourth-order valence-corrected chi connectivity index (χ4v) is 13.6. The highest BCUT2D eigenvalue weighted by atomic mass is 31.2. The van der Waals surface area contributed by atoms with Crippen LogP contribution in [0.15, 0.2) is 0 Å². The lowest BCUT2D eigenvalue weighted by molar-refractivity contribution is -0.161. The molecule has 0 amide bonds. The van der Waals surface area contributed by atoms with Crippen LogP contribution in [-0.4, -0.2) is 96.7 Å². The van der Waals surface area contributed by atoms with E-state index in [1.165, 1.54) is 212 Å². The Kier molecular flexibility index (Phi) is 68.4. The molecule has 97 heavy (non-hydrogen) atoms. The van der Waals surface area contributed by atoms with Crippen molar-refractivity contribution >= 4 is 39.5 Å². The van der Waals surface area contributed by atoms with Crippen LogP contribution >= 0.6 is 15.6 Å². The molecule has 17 nitrogen and oxygen atoms in total. The number of ether oxygens (including phenoxy) is 4. The van der Waals surface area contributed by atoms with Gasteiger partial charge in [0.05, 0.1) is 26.4 Å². The van der Waals surface area contributed by atoms with Crippen LogP contribution in [-0.2, 0) is 65.4 Å². The zero-order chi connectivity index (χ0) is 71.4. The van der Waals surface area contributed by atoms with Gasteiger partial charge in [-0.1, -0.05) is 356 Å². The van der Waals surface area contributed by atoms with Crippen molar-refractivity contribution < 1.29 is 80.2 Å². The SMILES string of the molecule is CCCCCCCCCCCCCCCCCCCCCC(=O)OC[C@H](COP(=O)(O)OC[C@@H](O)COP(=O)(O)OC[C@@H](COC(=O)CCCCCCCCC)OC(=O)CCCCCCCCC(C)CC)OC(=O)CCCCCCCCCCCCCCCCCCCCC(C)C. The Morgan fingerprint density at radius 3 is 0.784 bits per heavy atom. The van der Waals surface area contributed by atoms with E-state index in [1.807, 2.05) is 0 Å². The van der Waals surface area contributed by atoms with Crippen molar-refractivity contribution in [3.8, 4) is 0 Å². The summed E-state index contributed by atoms with van der Waals surface area (Å²) < 4.78 is 68.4. The average Bonchev–Trinajstić information content (AvgIpc) is 2.17. The second-order valence-electron chi connectivity index (χ2n) is 28.8. The molecule has 0 fully saturated rings. The van der Waals surface area contributed by atoms with E-state index in [9.17, 15) is 43.2 Å². The zero-order valence-electron chi connectivity index (χ0n) is 63.4. The van der Waals surface area contributed by atoms with Crippen LogP contribution in [0.1, 0.15) is 408 Å². The molecule has 0 heterocycles. The highest BCUT2D eigenvalue weighted by Gasteiger charge is 2.30. The van der Waals surface area contributed by atoms with Crippen molar-refractivity contribution in [1.29, 1.82) is 0 Å². The van der Waals surface area contributed by atoms with E-state index in [0.717, 1.165) is 115 Å². The molecule has 3 N–H and O–H groups in total. The fraction of sp³-hybridized carbons (Fsp3) is 0.949. The molecule has 0 radical (unpaired) electrons. The maximum Gasteiger partial charge on any atom is 0.472 e. The quantitative estimate of drug-likeness (QED) is 0.0222. The predicted octanol–water partition coefficient (Wildman–Crippen LogP) is 23.1. The summed E-state index contributed by atoms with van der Waals surface area (Å²) in [6, 6.07) is 0. The van der Waals surface area contributed by atoms with E-state index in [2.05, 4.69) is 41.5 Å². The van der Waals surface area contributed by atoms with Gasteiger partial charge in [-0.2, -0.15) is 0 Å². The Morgan fingerprint density at radius 2 is 0.526 bits per heavy atom. The minimum atomic E-state index is -4.96. The summed E-state index contributed by atoms with van der Waals surface area (Å²) in [6.45, 7) is 9.55. The van der Waals surface area contributed by atoms with Gasteiger partial charge >= 0.3 is 39.5 Å². The number of hydrogen-bond donors (Lipinski definition) is 3. The number of carbonyl (C=O) groups is 4. The maximum atomic E-state index is 13.1. The minimum absolute atomic E-state index is 0.103. The van der Waals surface area contributed by atoms with Gasteiger partial charge in [0, 0.05) is 25.7 Å². The fourth-order valence-electron chi connectivity index (χ4n) is 12.0. The standard InChI is InChI=1S/C78H152O17P2/c1-7-10-12-14-16-17-18-19-20-21-22-26-29-32-35-38-42-49-55-61-76(81)89-67-73(94-77(82)62-56-50-43-39-36-33-30-27-24-23-25-28-31-34-37-41-46-52-58-70(4)5)68-92-96(84,85)90-64-72(79)65-91-97(86,87)93-69-74(66-88-75(80)60-54-48-40-15-13-11-8-2)95-78(83)63-57-51-45-44-47-53-59-71(6)9-3/h70-74,79H,7-69H2,1-6H3,(H,84,85)(H,86,87)/t71?,72-,73-,74-/m1/s1. The highest BCUT2D eigenvalue weighted by Crippen LogP contribution is 2.45. The molecule has 0 aromatic heterocycles. The highest BCUT2D eigenvalue weighted by molar-refractivity contribution is 7.47. The molecular formula is C78H152O17P2. The van der Waals surface area contributed by atoms with E-state index < -0.39 is 97.5 Å². The molecule has 0 rings (SSSR count). The summed E-state index contributed by atoms with van der Waals surface area (Å²) in [5.41, 5.74) is 0. The van der Waals surface area contributed by atoms with Gasteiger partial charge in [-0.05, 0) is 37.5 Å². The molecular weight excluding hydrogens is 1270 g/mol. The normalized spacial score (nSPS) is 14.2. The Hall–Kier alpha value is -1.94. The molecule has 0 aromatic carbocycles. The molecule has 0 saturated heterocycles. The number of carbonyl (C=O) groups excluding carboxylic acids is 4. The molecule has 19 heteroatoms. The van der Waals surface area contributed by atoms with Crippen LogP contribution < -0.4 is 0 Å². The van der Waals surface area contributed by atoms with Gasteiger partial charge in [0.1, 0.15) is 19.3 Å². The number of phosphoric ester groups is 2. The summed E-state index contributed by atoms with van der Waals surface area (Å²) in [7, 11) is -9.91. The summed E-state index contributed by atoms with van der Waals surface area (Å²) >= 11 is 0. The third-order valence-corrected chi connectivity index (χ3v) is 20.5. The number of rotatable bonds is 77. The van der Waals surface area contributed by atoms with Gasteiger partial charge < -0.3 is 33.8 Å². The molecule has 0 saturated carbocycles. The molecule has 0 bridgehead atoms. The summed E-state index contributed by atoms with van der Waals surface area (Å²) in [5, 5.41) is 10.6. The van der Waals surface area contributed by atoms with Crippen LogP contribution in [0.25, 0.3) is 0 Å². The van der Waals surface area contributed by atoms with Crippen molar-refractivity contribution in [3.63, 3.8) is 0 Å². The first-order valence-corrected chi connectivity index (χ1v) is 43.5. The van der Waals surface area contributed by atoms with Crippen molar-refractivity contribution in [1.82, 2.24) is 0 Å². The van der Waals surface area contributed by atoms with Crippen molar-refractivity contribution in [2.24, 2.45) is 11.8 Å². The molecule has 576 valence electrons.